The quantitative estimate of drug-likeness (QED) is 0.158. The summed E-state index contributed by atoms with van der Waals surface area (Å²) in [4.78, 5) is 2.43. The van der Waals surface area contributed by atoms with E-state index >= 15 is 0 Å². The minimum atomic E-state index is -0.0974. The Morgan fingerprint density at radius 1 is 0.439 bits per heavy atom. The average Bonchev–Trinajstić information content (AvgIpc) is 3.50. The molecule has 10 rings (SSSR count). The van der Waals surface area contributed by atoms with Crippen LogP contribution in [0, 0.1) is 6.92 Å². The molecule has 8 aromatic rings. The van der Waals surface area contributed by atoms with Crippen molar-refractivity contribution in [1.82, 2.24) is 0 Å². The second kappa shape index (κ2) is 14.4. The molecule has 8 aromatic carbocycles. The van der Waals surface area contributed by atoms with Crippen LogP contribution in [0.2, 0.25) is 0 Å². The molecule has 0 amide bonds. The summed E-state index contributed by atoms with van der Waals surface area (Å²) in [5.41, 5.74) is 19.2. The van der Waals surface area contributed by atoms with E-state index in [2.05, 4.69) is 202 Å². The van der Waals surface area contributed by atoms with Gasteiger partial charge in [0.15, 0.2) is 0 Å². The van der Waals surface area contributed by atoms with E-state index in [1.165, 1.54) is 115 Å². The molecule has 1 fully saturated rings. The molecule has 1 heteroatoms. The van der Waals surface area contributed by atoms with Crippen LogP contribution in [0.15, 0.2) is 176 Å². The van der Waals surface area contributed by atoms with Crippen LogP contribution in [0.3, 0.4) is 0 Å². The summed E-state index contributed by atoms with van der Waals surface area (Å²) in [5.74, 6) is 0.718. The third-order valence-electron chi connectivity index (χ3n) is 13.0. The van der Waals surface area contributed by atoms with Crippen molar-refractivity contribution in [3.63, 3.8) is 0 Å². The zero-order valence-corrected chi connectivity index (χ0v) is 33.3. The number of aryl methyl sites for hydroxylation is 1. The summed E-state index contributed by atoms with van der Waals surface area (Å²) in [7, 11) is 0. The first kappa shape index (κ1) is 35.2. The van der Waals surface area contributed by atoms with Gasteiger partial charge in [0.05, 0.1) is 0 Å². The van der Waals surface area contributed by atoms with Crippen LogP contribution in [-0.4, -0.2) is 0 Å². The van der Waals surface area contributed by atoms with Crippen molar-refractivity contribution in [3.05, 3.63) is 198 Å². The highest BCUT2D eigenvalue weighted by molar-refractivity contribution is 5.97. The zero-order chi connectivity index (χ0) is 38.5. The van der Waals surface area contributed by atoms with E-state index in [1.807, 2.05) is 0 Å². The smallest absolute Gasteiger partial charge is 0.0465 e. The molecular weight excluding hydrogens is 687 g/mol. The van der Waals surface area contributed by atoms with Gasteiger partial charge in [-0.15, -0.1) is 0 Å². The van der Waals surface area contributed by atoms with Gasteiger partial charge in [-0.25, -0.2) is 0 Å². The molecule has 0 N–H and O–H groups in total. The van der Waals surface area contributed by atoms with Crippen molar-refractivity contribution in [1.29, 1.82) is 0 Å². The highest BCUT2D eigenvalue weighted by Gasteiger charge is 2.36. The monoisotopic (exact) mass is 735 g/mol. The van der Waals surface area contributed by atoms with Gasteiger partial charge in [0.2, 0.25) is 0 Å². The molecular formula is C56H49N. The molecule has 278 valence electrons. The third-order valence-corrected chi connectivity index (χ3v) is 13.0. The topological polar surface area (TPSA) is 3.24 Å². The molecule has 0 aliphatic heterocycles. The Hall–Kier alpha value is -6.18. The third kappa shape index (κ3) is 6.36. The second-order valence-electron chi connectivity index (χ2n) is 16.8. The summed E-state index contributed by atoms with van der Waals surface area (Å²) in [6, 6.07) is 65.8. The summed E-state index contributed by atoms with van der Waals surface area (Å²) in [6.45, 7) is 7.00. The molecule has 57 heavy (non-hydrogen) atoms. The maximum atomic E-state index is 2.44. The molecule has 0 heterocycles. The van der Waals surface area contributed by atoms with E-state index in [1.54, 1.807) is 0 Å². The van der Waals surface area contributed by atoms with Gasteiger partial charge in [0.25, 0.3) is 0 Å². The van der Waals surface area contributed by atoms with E-state index in [0.29, 0.717) is 0 Å². The standard InChI is InChI=1S/C56H49N/c1-38-13-12-20-53-55(38)50-34-33-49(37-54(50)56(53,2)3)57(47-29-25-42(26-30-47)41-23-21-40(22-24-41)39-14-6-4-7-15-39)48-31-27-44(28-32-48)52-36-46-19-11-10-18-45(46)35-51(52)43-16-8-5-9-17-43/h5,8-13,16-37,39H,4,6-7,14-15H2,1-3H3. The van der Waals surface area contributed by atoms with Gasteiger partial charge in [0, 0.05) is 22.5 Å². The lowest BCUT2D eigenvalue weighted by atomic mass is 9.82. The fraction of sp³-hybridized carbons (Fsp3) is 0.179. The predicted octanol–water partition coefficient (Wildman–Crippen LogP) is 16.0. The molecule has 2 aliphatic rings. The first-order chi connectivity index (χ1) is 27.9. The number of anilines is 3. The summed E-state index contributed by atoms with van der Waals surface area (Å²) in [5, 5.41) is 2.50. The zero-order valence-electron chi connectivity index (χ0n) is 33.3. The molecule has 1 nitrogen and oxygen atoms in total. The minimum Gasteiger partial charge on any atom is -0.310 e. The summed E-state index contributed by atoms with van der Waals surface area (Å²) < 4.78 is 0. The number of benzene rings is 8. The van der Waals surface area contributed by atoms with Crippen LogP contribution in [0.1, 0.15) is 74.1 Å². The largest absolute Gasteiger partial charge is 0.310 e. The number of rotatable bonds is 7. The molecule has 0 unspecified atom stereocenters. The molecule has 0 atom stereocenters. The summed E-state index contributed by atoms with van der Waals surface area (Å²) >= 11 is 0. The molecule has 0 aromatic heterocycles. The lowest BCUT2D eigenvalue weighted by molar-refractivity contribution is 0.443. The Labute approximate surface area is 338 Å². The van der Waals surface area contributed by atoms with Gasteiger partial charge in [0.1, 0.15) is 0 Å². The van der Waals surface area contributed by atoms with Gasteiger partial charge in [-0.05, 0) is 152 Å². The highest BCUT2D eigenvalue weighted by atomic mass is 15.1. The SMILES string of the molecule is Cc1cccc2c1-c1ccc(N(c3ccc(-c4ccc(C5CCCCC5)cc4)cc3)c3ccc(-c4cc5ccccc5cc4-c4ccccc4)cc3)cc1C2(C)C. The van der Waals surface area contributed by atoms with Gasteiger partial charge >= 0.3 is 0 Å². The van der Waals surface area contributed by atoms with Gasteiger partial charge in [-0.2, -0.15) is 0 Å². The van der Waals surface area contributed by atoms with Crippen molar-refractivity contribution >= 4 is 27.8 Å². The Balaban J connectivity index is 1.06. The second-order valence-corrected chi connectivity index (χ2v) is 16.8. The van der Waals surface area contributed by atoms with Crippen LogP contribution >= 0.6 is 0 Å². The molecule has 0 spiro atoms. The van der Waals surface area contributed by atoms with Crippen molar-refractivity contribution in [2.75, 3.05) is 4.90 Å². The van der Waals surface area contributed by atoms with E-state index in [9.17, 15) is 0 Å². The maximum Gasteiger partial charge on any atom is 0.0465 e. The van der Waals surface area contributed by atoms with Crippen molar-refractivity contribution in [2.45, 2.75) is 64.2 Å². The number of fused-ring (bicyclic) bond motifs is 4. The molecule has 2 aliphatic carbocycles. The Bertz CT molecular complexity index is 2710. The molecule has 0 bridgehead atoms. The number of hydrogen-bond donors (Lipinski definition) is 0. The fourth-order valence-corrected chi connectivity index (χ4v) is 9.86. The van der Waals surface area contributed by atoms with Crippen molar-refractivity contribution < 1.29 is 0 Å². The molecule has 1 saturated carbocycles. The highest BCUT2D eigenvalue weighted by Crippen LogP contribution is 2.52. The van der Waals surface area contributed by atoms with E-state index in [4.69, 9.17) is 0 Å². The molecule has 0 saturated heterocycles. The number of hydrogen-bond acceptors (Lipinski definition) is 1. The predicted molar refractivity (Wildman–Crippen MR) is 243 cm³/mol. The van der Waals surface area contributed by atoms with Crippen molar-refractivity contribution in [3.8, 4) is 44.5 Å². The van der Waals surface area contributed by atoms with Crippen LogP contribution in [0.5, 0.6) is 0 Å². The first-order valence-corrected chi connectivity index (χ1v) is 20.9. The van der Waals surface area contributed by atoms with E-state index < -0.39 is 0 Å². The average molecular weight is 736 g/mol. The Kier molecular flexibility index (Phi) is 8.90. The van der Waals surface area contributed by atoms with Crippen LogP contribution in [0.25, 0.3) is 55.3 Å². The first-order valence-electron chi connectivity index (χ1n) is 20.9. The Morgan fingerprint density at radius 3 is 1.61 bits per heavy atom. The molecule has 0 radical (unpaired) electrons. The van der Waals surface area contributed by atoms with E-state index in [-0.39, 0.29) is 5.41 Å². The van der Waals surface area contributed by atoms with Gasteiger partial charge < -0.3 is 4.90 Å². The van der Waals surface area contributed by atoms with E-state index in [0.717, 1.165) is 17.3 Å². The summed E-state index contributed by atoms with van der Waals surface area (Å²) in [6.07, 6.45) is 6.76. The number of nitrogens with zero attached hydrogens (tertiary/aromatic N) is 1. The van der Waals surface area contributed by atoms with Gasteiger partial charge in [-0.3, -0.25) is 0 Å². The van der Waals surface area contributed by atoms with Gasteiger partial charge in [-0.1, -0.05) is 161 Å². The lowest BCUT2D eigenvalue weighted by Crippen LogP contribution is -2.16. The van der Waals surface area contributed by atoms with Crippen LogP contribution < -0.4 is 4.90 Å². The maximum absolute atomic E-state index is 2.44. The van der Waals surface area contributed by atoms with Crippen LogP contribution in [-0.2, 0) is 5.41 Å². The van der Waals surface area contributed by atoms with Crippen molar-refractivity contribution in [2.24, 2.45) is 0 Å². The van der Waals surface area contributed by atoms with Crippen LogP contribution in [0.4, 0.5) is 17.1 Å². The normalized spacial score (nSPS) is 14.6. The lowest BCUT2D eigenvalue weighted by Gasteiger charge is -2.28. The minimum absolute atomic E-state index is 0.0974. The Morgan fingerprint density at radius 2 is 0.982 bits per heavy atom. The fourth-order valence-electron chi connectivity index (χ4n) is 9.86.